The molecule has 0 bridgehead atoms. The maximum absolute atomic E-state index is 11.8. The molecule has 20 heavy (non-hydrogen) atoms. The number of halogens is 2. The van der Waals surface area contributed by atoms with E-state index >= 15 is 0 Å². The van der Waals surface area contributed by atoms with E-state index in [1.54, 1.807) is 6.92 Å². The first-order valence-corrected chi connectivity index (χ1v) is 7.70. The summed E-state index contributed by atoms with van der Waals surface area (Å²) < 4.78 is 5.02. The van der Waals surface area contributed by atoms with Gasteiger partial charge in [-0.2, -0.15) is 0 Å². The molecule has 0 saturated heterocycles. The molecule has 0 aliphatic heterocycles. The topological polar surface area (TPSA) is 42.1 Å². The number of hydrogen-bond donors (Lipinski definition) is 1. The van der Waals surface area contributed by atoms with E-state index in [2.05, 4.69) is 4.98 Å². The maximum atomic E-state index is 11.8. The number of aromatic nitrogens is 1. The Labute approximate surface area is 128 Å². The van der Waals surface area contributed by atoms with Crippen LogP contribution in [-0.4, -0.2) is 29.3 Å². The normalized spacial score (nSPS) is 10.9. The molecule has 1 N–H and O–H groups in total. The van der Waals surface area contributed by atoms with Gasteiger partial charge < -0.3 is 9.72 Å². The van der Waals surface area contributed by atoms with E-state index in [-0.39, 0.29) is 5.97 Å². The van der Waals surface area contributed by atoms with Gasteiger partial charge in [0.05, 0.1) is 6.61 Å². The number of carbonyl (C=O) groups excluding carboxylic acids is 1. The Morgan fingerprint density at radius 2 is 2.00 bits per heavy atom. The first-order chi connectivity index (χ1) is 9.71. The molecular weight excluding hydrogens is 297 g/mol. The summed E-state index contributed by atoms with van der Waals surface area (Å²) in [5, 5.41) is 1.02. The largest absolute Gasteiger partial charge is 0.461 e. The molecule has 0 radical (unpaired) electrons. The van der Waals surface area contributed by atoms with E-state index in [1.165, 1.54) is 5.56 Å². The van der Waals surface area contributed by atoms with Crippen molar-refractivity contribution in [2.24, 2.45) is 0 Å². The summed E-state index contributed by atoms with van der Waals surface area (Å²) in [4.78, 5) is 14.9. The van der Waals surface area contributed by atoms with Crippen LogP contribution in [0.3, 0.4) is 0 Å². The summed E-state index contributed by atoms with van der Waals surface area (Å²) >= 11 is 11.7. The summed E-state index contributed by atoms with van der Waals surface area (Å²) in [6.07, 6.45) is 1.55. The lowest BCUT2D eigenvalue weighted by atomic mass is 9.99. The van der Waals surface area contributed by atoms with E-state index < -0.39 is 0 Å². The molecule has 108 valence electrons. The predicted molar refractivity (Wildman–Crippen MR) is 83.1 cm³/mol. The quantitative estimate of drug-likeness (QED) is 0.649. The van der Waals surface area contributed by atoms with Gasteiger partial charge in [-0.15, -0.1) is 23.2 Å². The highest BCUT2D eigenvalue weighted by atomic mass is 35.5. The molecule has 0 unspecified atom stereocenters. The number of benzene rings is 1. The molecule has 3 nitrogen and oxygen atoms in total. The van der Waals surface area contributed by atoms with Gasteiger partial charge in [0.2, 0.25) is 0 Å². The van der Waals surface area contributed by atoms with Gasteiger partial charge in [0, 0.05) is 22.7 Å². The zero-order valence-electron chi connectivity index (χ0n) is 11.3. The van der Waals surface area contributed by atoms with Crippen LogP contribution in [0.4, 0.5) is 0 Å². The number of ether oxygens (including phenoxy) is 1. The van der Waals surface area contributed by atoms with Crippen molar-refractivity contribution in [2.75, 3.05) is 18.4 Å². The van der Waals surface area contributed by atoms with Gasteiger partial charge in [-0.1, -0.05) is 6.07 Å². The third-order valence-electron chi connectivity index (χ3n) is 3.22. The van der Waals surface area contributed by atoms with Crippen LogP contribution in [0.5, 0.6) is 0 Å². The zero-order valence-corrected chi connectivity index (χ0v) is 12.9. The lowest BCUT2D eigenvalue weighted by Gasteiger charge is -2.08. The summed E-state index contributed by atoms with van der Waals surface area (Å²) in [6, 6.07) is 5.85. The Kier molecular flexibility index (Phi) is 5.32. The number of carbonyl (C=O) groups is 1. The molecule has 2 rings (SSSR count). The van der Waals surface area contributed by atoms with Crippen LogP contribution in [0, 0.1) is 0 Å². The average molecular weight is 314 g/mol. The van der Waals surface area contributed by atoms with Crippen LogP contribution < -0.4 is 0 Å². The Morgan fingerprint density at radius 3 is 2.65 bits per heavy atom. The fourth-order valence-corrected chi connectivity index (χ4v) is 2.75. The molecule has 1 aromatic carbocycles. The molecule has 1 aromatic heterocycles. The van der Waals surface area contributed by atoms with Gasteiger partial charge in [0.15, 0.2) is 0 Å². The second-order valence-electron chi connectivity index (χ2n) is 4.45. The molecule has 5 heteroatoms. The minimum atomic E-state index is -0.334. The standard InChI is InChI=1S/C15H17Cl2NO2/c1-2-20-15(19)14-9-12-11(6-8-17)10(5-7-16)3-4-13(12)18-14/h3-4,9,18H,2,5-8H2,1H3. The lowest BCUT2D eigenvalue weighted by Crippen LogP contribution is -2.04. The average Bonchev–Trinajstić information content (AvgIpc) is 2.86. The van der Waals surface area contributed by atoms with Gasteiger partial charge in [-0.05, 0) is 43.0 Å². The van der Waals surface area contributed by atoms with Crippen molar-refractivity contribution in [2.45, 2.75) is 19.8 Å². The van der Waals surface area contributed by atoms with Crippen LogP contribution in [0.15, 0.2) is 18.2 Å². The smallest absolute Gasteiger partial charge is 0.354 e. The minimum Gasteiger partial charge on any atom is -0.461 e. The monoisotopic (exact) mass is 313 g/mol. The predicted octanol–water partition coefficient (Wildman–Crippen LogP) is 3.91. The van der Waals surface area contributed by atoms with E-state index in [0.29, 0.717) is 24.1 Å². The van der Waals surface area contributed by atoms with Gasteiger partial charge in [-0.3, -0.25) is 0 Å². The molecule has 0 aliphatic rings. The third-order valence-corrected chi connectivity index (χ3v) is 3.59. The molecule has 0 fully saturated rings. The number of nitrogens with one attached hydrogen (secondary N) is 1. The van der Waals surface area contributed by atoms with Crippen molar-refractivity contribution in [1.29, 1.82) is 0 Å². The Bertz CT molecular complexity index is 607. The van der Waals surface area contributed by atoms with Crippen molar-refractivity contribution in [3.63, 3.8) is 0 Å². The van der Waals surface area contributed by atoms with Crippen LogP contribution >= 0.6 is 23.2 Å². The molecular formula is C15H17Cl2NO2. The van der Waals surface area contributed by atoms with E-state index in [4.69, 9.17) is 27.9 Å². The first-order valence-electron chi connectivity index (χ1n) is 6.63. The van der Waals surface area contributed by atoms with Gasteiger partial charge >= 0.3 is 5.97 Å². The fraction of sp³-hybridized carbons (Fsp3) is 0.400. The maximum Gasteiger partial charge on any atom is 0.354 e. The van der Waals surface area contributed by atoms with Crippen molar-refractivity contribution in [3.8, 4) is 0 Å². The number of esters is 1. The molecule has 0 amide bonds. The van der Waals surface area contributed by atoms with E-state index in [1.807, 2.05) is 18.2 Å². The zero-order chi connectivity index (χ0) is 14.5. The van der Waals surface area contributed by atoms with Crippen LogP contribution in [0.1, 0.15) is 28.5 Å². The highest BCUT2D eigenvalue weighted by molar-refractivity contribution is 6.18. The lowest BCUT2D eigenvalue weighted by molar-refractivity contribution is 0.0520. The Morgan fingerprint density at radius 1 is 1.25 bits per heavy atom. The number of H-pyrrole nitrogens is 1. The SMILES string of the molecule is CCOC(=O)c1cc2c(CCCl)c(CCCl)ccc2[nH]1. The van der Waals surface area contributed by atoms with Crippen molar-refractivity contribution >= 4 is 40.1 Å². The van der Waals surface area contributed by atoms with Gasteiger partial charge in [0.1, 0.15) is 5.69 Å². The number of rotatable bonds is 6. The first kappa shape index (κ1) is 15.2. The second-order valence-corrected chi connectivity index (χ2v) is 5.20. The Hall–Kier alpha value is -1.19. The highest BCUT2D eigenvalue weighted by Crippen LogP contribution is 2.25. The molecule has 0 atom stereocenters. The summed E-state index contributed by atoms with van der Waals surface area (Å²) in [6.45, 7) is 2.15. The fourth-order valence-electron chi connectivity index (χ4n) is 2.35. The molecule has 0 spiro atoms. The highest BCUT2D eigenvalue weighted by Gasteiger charge is 2.14. The summed E-state index contributed by atoms with van der Waals surface area (Å²) in [5.74, 6) is 0.768. The number of aryl methyl sites for hydroxylation is 2. The second kappa shape index (κ2) is 7.00. The van der Waals surface area contributed by atoms with E-state index in [9.17, 15) is 4.79 Å². The van der Waals surface area contributed by atoms with Crippen LogP contribution in [-0.2, 0) is 17.6 Å². The number of aromatic amines is 1. The molecule has 2 aromatic rings. The number of alkyl halides is 2. The van der Waals surface area contributed by atoms with Crippen molar-refractivity contribution in [1.82, 2.24) is 4.98 Å². The number of fused-ring (bicyclic) bond motifs is 1. The van der Waals surface area contributed by atoms with Gasteiger partial charge in [-0.25, -0.2) is 4.79 Å². The van der Waals surface area contributed by atoms with Crippen LogP contribution in [0.2, 0.25) is 0 Å². The van der Waals surface area contributed by atoms with Gasteiger partial charge in [0.25, 0.3) is 0 Å². The van der Waals surface area contributed by atoms with Crippen molar-refractivity contribution < 1.29 is 9.53 Å². The molecule has 1 heterocycles. The Balaban J connectivity index is 2.49. The number of hydrogen-bond acceptors (Lipinski definition) is 2. The summed E-state index contributed by atoms with van der Waals surface area (Å²) in [5.41, 5.74) is 3.74. The molecule has 0 aliphatic carbocycles. The summed E-state index contributed by atoms with van der Waals surface area (Å²) in [7, 11) is 0. The molecule has 0 saturated carbocycles. The third kappa shape index (κ3) is 3.10. The van der Waals surface area contributed by atoms with Crippen LogP contribution in [0.25, 0.3) is 10.9 Å². The minimum absolute atomic E-state index is 0.334. The van der Waals surface area contributed by atoms with E-state index in [0.717, 1.165) is 29.3 Å². The van der Waals surface area contributed by atoms with Crippen molar-refractivity contribution in [3.05, 3.63) is 35.0 Å².